The number of amides is 2. The van der Waals surface area contributed by atoms with Crippen LogP contribution in [0.1, 0.15) is 43.5 Å². The van der Waals surface area contributed by atoms with E-state index in [1.54, 1.807) is 12.4 Å². The second kappa shape index (κ2) is 7.47. The molecule has 3 heterocycles. The molecule has 1 spiro atoms. The number of rotatable bonds is 4. The van der Waals surface area contributed by atoms with E-state index in [4.69, 9.17) is 5.73 Å². The third-order valence-electron chi connectivity index (χ3n) is 5.31. The first-order valence-corrected chi connectivity index (χ1v) is 9.04. The monoisotopic (exact) mass is 345 g/mol. The molecule has 2 aliphatic heterocycles. The maximum atomic E-state index is 12.4. The molecular weight excluding hydrogens is 318 g/mol. The molecule has 7 nitrogen and oxygen atoms in total. The van der Waals surface area contributed by atoms with Gasteiger partial charge in [-0.2, -0.15) is 0 Å². The van der Waals surface area contributed by atoms with Crippen molar-refractivity contribution >= 4 is 11.8 Å². The maximum Gasteiger partial charge on any atom is 0.223 e. The summed E-state index contributed by atoms with van der Waals surface area (Å²) in [5.74, 6) is 0.299. The average molecular weight is 345 g/mol. The first-order valence-electron chi connectivity index (χ1n) is 9.04. The molecule has 7 heteroatoms. The topological polar surface area (TPSA) is 92.4 Å². The van der Waals surface area contributed by atoms with E-state index < -0.39 is 0 Å². The Hall–Kier alpha value is -2.02. The Kier molecular flexibility index (Phi) is 5.32. The second-order valence-corrected chi connectivity index (χ2v) is 7.36. The predicted molar refractivity (Wildman–Crippen MR) is 93.3 cm³/mol. The summed E-state index contributed by atoms with van der Waals surface area (Å²) < 4.78 is 0. The smallest absolute Gasteiger partial charge is 0.223 e. The number of nitrogens with zero attached hydrogens (tertiary/aromatic N) is 4. The largest absolute Gasteiger partial charge is 0.342 e. The number of carbonyl (C=O) groups is 2. The van der Waals surface area contributed by atoms with Crippen LogP contribution in [0.5, 0.6) is 0 Å². The molecule has 2 aliphatic rings. The highest BCUT2D eigenvalue weighted by Crippen LogP contribution is 2.39. The van der Waals surface area contributed by atoms with Crippen molar-refractivity contribution in [2.75, 3.05) is 26.2 Å². The standard InChI is InChI=1S/C18H27N5O2/c1-14-9-21-15(10-20-14)11-23-13-18(6-3-16(23)24)5-2-8-22(12-18)17(25)4-7-19/h9-10H,2-8,11-13,19H2,1H3. The van der Waals surface area contributed by atoms with E-state index >= 15 is 0 Å². The lowest BCUT2D eigenvalue weighted by Gasteiger charge is -2.48. The molecule has 0 saturated carbocycles. The Bertz CT molecular complexity index is 633. The predicted octanol–water partition coefficient (Wildman–Crippen LogP) is 0.865. The Balaban J connectivity index is 1.69. The van der Waals surface area contributed by atoms with Gasteiger partial charge in [-0.3, -0.25) is 19.6 Å². The van der Waals surface area contributed by atoms with E-state index in [0.29, 0.717) is 32.5 Å². The van der Waals surface area contributed by atoms with Gasteiger partial charge in [0.2, 0.25) is 11.8 Å². The molecule has 2 amide bonds. The van der Waals surface area contributed by atoms with Crippen molar-refractivity contribution < 1.29 is 9.59 Å². The molecule has 0 aliphatic carbocycles. The molecule has 1 unspecified atom stereocenters. The number of aryl methyl sites for hydroxylation is 1. The van der Waals surface area contributed by atoms with Crippen molar-refractivity contribution in [2.45, 2.75) is 45.6 Å². The molecule has 136 valence electrons. The lowest BCUT2D eigenvalue weighted by molar-refractivity contribution is -0.143. The highest BCUT2D eigenvalue weighted by atomic mass is 16.2. The van der Waals surface area contributed by atoms with Gasteiger partial charge in [0.05, 0.1) is 24.1 Å². The zero-order valence-corrected chi connectivity index (χ0v) is 14.9. The molecule has 0 aromatic carbocycles. The second-order valence-electron chi connectivity index (χ2n) is 7.36. The maximum absolute atomic E-state index is 12.4. The molecule has 25 heavy (non-hydrogen) atoms. The van der Waals surface area contributed by atoms with Gasteiger partial charge in [-0.05, 0) is 26.2 Å². The van der Waals surface area contributed by atoms with Crippen LogP contribution >= 0.6 is 0 Å². The van der Waals surface area contributed by atoms with Crippen molar-refractivity contribution in [2.24, 2.45) is 11.1 Å². The number of hydrogen-bond acceptors (Lipinski definition) is 5. The van der Waals surface area contributed by atoms with E-state index in [1.165, 1.54) is 0 Å². The van der Waals surface area contributed by atoms with Crippen LogP contribution in [0.4, 0.5) is 0 Å². The lowest BCUT2D eigenvalue weighted by Crippen LogP contribution is -2.55. The quantitative estimate of drug-likeness (QED) is 0.874. The number of aromatic nitrogens is 2. The average Bonchev–Trinajstić information content (AvgIpc) is 2.61. The van der Waals surface area contributed by atoms with Crippen molar-refractivity contribution in [3.8, 4) is 0 Å². The molecule has 3 rings (SSSR count). The normalized spacial score (nSPS) is 24.0. The van der Waals surface area contributed by atoms with Crippen molar-refractivity contribution in [3.05, 3.63) is 23.8 Å². The molecule has 0 bridgehead atoms. The molecule has 2 N–H and O–H groups in total. The highest BCUT2D eigenvalue weighted by Gasteiger charge is 2.42. The van der Waals surface area contributed by atoms with E-state index in [9.17, 15) is 9.59 Å². The first-order chi connectivity index (χ1) is 12.0. The van der Waals surface area contributed by atoms with Gasteiger partial charge < -0.3 is 15.5 Å². The fourth-order valence-corrected chi connectivity index (χ4v) is 3.98. The summed E-state index contributed by atoms with van der Waals surface area (Å²) in [4.78, 5) is 37.1. The summed E-state index contributed by atoms with van der Waals surface area (Å²) in [5.41, 5.74) is 7.21. The number of likely N-dealkylation sites (tertiary alicyclic amines) is 2. The molecule has 2 fully saturated rings. The first kappa shape index (κ1) is 17.8. The summed E-state index contributed by atoms with van der Waals surface area (Å²) in [6.45, 7) is 5.00. The molecule has 2 saturated heterocycles. The van der Waals surface area contributed by atoms with E-state index in [-0.39, 0.29) is 17.2 Å². The van der Waals surface area contributed by atoms with Crippen LogP contribution in [-0.4, -0.2) is 57.8 Å². The molecule has 0 radical (unpaired) electrons. The van der Waals surface area contributed by atoms with Gasteiger partial charge in [0, 0.05) is 50.6 Å². The number of hydrogen-bond donors (Lipinski definition) is 1. The summed E-state index contributed by atoms with van der Waals surface area (Å²) in [5, 5.41) is 0. The SMILES string of the molecule is Cc1cnc(CN2CC3(CCCN(C(=O)CCN)C3)CCC2=O)cn1. The Morgan fingerprint density at radius 3 is 2.84 bits per heavy atom. The van der Waals surface area contributed by atoms with Crippen LogP contribution in [0.2, 0.25) is 0 Å². The minimum absolute atomic E-state index is 0.00848. The van der Waals surface area contributed by atoms with Crippen LogP contribution in [0, 0.1) is 12.3 Å². The van der Waals surface area contributed by atoms with Gasteiger partial charge >= 0.3 is 0 Å². The van der Waals surface area contributed by atoms with Gasteiger partial charge in [0.15, 0.2) is 0 Å². The number of piperidine rings is 2. The summed E-state index contributed by atoms with van der Waals surface area (Å²) in [7, 11) is 0. The minimum atomic E-state index is 0.00848. The Labute approximate surface area is 148 Å². The van der Waals surface area contributed by atoms with Crippen molar-refractivity contribution in [3.63, 3.8) is 0 Å². The highest BCUT2D eigenvalue weighted by molar-refractivity contribution is 5.78. The van der Waals surface area contributed by atoms with Crippen molar-refractivity contribution in [1.82, 2.24) is 19.8 Å². The minimum Gasteiger partial charge on any atom is -0.342 e. The third kappa shape index (κ3) is 4.15. The molecular formula is C18H27N5O2. The van der Waals surface area contributed by atoms with E-state index in [1.807, 2.05) is 16.7 Å². The van der Waals surface area contributed by atoms with Crippen LogP contribution in [0.3, 0.4) is 0 Å². The van der Waals surface area contributed by atoms with Crippen LogP contribution in [0.15, 0.2) is 12.4 Å². The van der Waals surface area contributed by atoms with Crippen LogP contribution < -0.4 is 5.73 Å². The molecule has 1 aromatic heterocycles. The van der Waals surface area contributed by atoms with Gasteiger partial charge in [-0.15, -0.1) is 0 Å². The number of nitrogens with two attached hydrogens (primary N) is 1. The summed E-state index contributed by atoms with van der Waals surface area (Å²) in [6.07, 6.45) is 7.31. The van der Waals surface area contributed by atoms with Crippen LogP contribution in [0.25, 0.3) is 0 Å². The fourth-order valence-electron chi connectivity index (χ4n) is 3.98. The lowest BCUT2D eigenvalue weighted by atomic mass is 9.73. The van der Waals surface area contributed by atoms with Gasteiger partial charge in [0.1, 0.15) is 0 Å². The zero-order valence-electron chi connectivity index (χ0n) is 14.9. The Morgan fingerprint density at radius 2 is 2.12 bits per heavy atom. The molecule has 1 aromatic rings. The zero-order chi connectivity index (χ0) is 17.9. The van der Waals surface area contributed by atoms with Gasteiger partial charge in [0.25, 0.3) is 0 Å². The van der Waals surface area contributed by atoms with Gasteiger partial charge in [-0.1, -0.05) is 0 Å². The third-order valence-corrected chi connectivity index (χ3v) is 5.31. The van der Waals surface area contributed by atoms with E-state index in [2.05, 4.69) is 9.97 Å². The van der Waals surface area contributed by atoms with Gasteiger partial charge in [-0.25, -0.2) is 0 Å². The van der Waals surface area contributed by atoms with E-state index in [0.717, 1.165) is 43.7 Å². The fraction of sp³-hybridized carbons (Fsp3) is 0.667. The number of carbonyl (C=O) groups excluding carboxylic acids is 2. The Morgan fingerprint density at radius 1 is 1.28 bits per heavy atom. The summed E-state index contributed by atoms with van der Waals surface area (Å²) in [6, 6.07) is 0. The van der Waals surface area contributed by atoms with Crippen molar-refractivity contribution in [1.29, 1.82) is 0 Å². The summed E-state index contributed by atoms with van der Waals surface area (Å²) >= 11 is 0. The molecule has 1 atom stereocenters. The van der Waals surface area contributed by atoms with Crippen LogP contribution in [-0.2, 0) is 16.1 Å².